The second kappa shape index (κ2) is 8.86. The maximum Gasteiger partial charge on any atom is 0.295 e. The molecule has 1 aliphatic rings. The van der Waals surface area contributed by atoms with Crippen LogP contribution in [0.25, 0.3) is 11.0 Å². The zero-order chi connectivity index (χ0) is 24.8. The molecule has 176 valence electrons. The van der Waals surface area contributed by atoms with Crippen LogP contribution >= 0.6 is 23.2 Å². The lowest BCUT2D eigenvalue weighted by Crippen LogP contribution is -2.29. The van der Waals surface area contributed by atoms with Crippen molar-refractivity contribution < 1.29 is 13.9 Å². The fraction of sp³-hybridized carbons (Fsp3) is 0.0345. The fourth-order valence-electron chi connectivity index (χ4n) is 4.53. The van der Waals surface area contributed by atoms with E-state index in [4.69, 9.17) is 32.4 Å². The van der Waals surface area contributed by atoms with E-state index in [2.05, 4.69) is 0 Å². The minimum atomic E-state index is -0.759. The van der Waals surface area contributed by atoms with Crippen molar-refractivity contribution in [1.29, 1.82) is 0 Å². The van der Waals surface area contributed by atoms with Crippen molar-refractivity contribution in [3.63, 3.8) is 0 Å². The van der Waals surface area contributed by atoms with Gasteiger partial charge < -0.3 is 9.15 Å². The monoisotopic (exact) mass is 513 g/mol. The van der Waals surface area contributed by atoms with Crippen LogP contribution < -0.4 is 15.1 Å². The summed E-state index contributed by atoms with van der Waals surface area (Å²) in [6.45, 7) is 0. The number of ether oxygens (including phenoxy) is 1. The first-order valence-corrected chi connectivity index (χ1v) is 11.9. The Labute approximate surface area is 216 Å². The first-order chi connectivity index (χ1) is 17.5. The van der Waals surface area contributed by atoms with Crippen LogP contribution in [0.1, 0.15) is 27.7 Å². The van der Waals surface area contributed by atoms with Gasteiger partial charge in [0.2, 0.25) is 5.76 Å². The zero-order valence-corrected chi connectivity index (χ0v) is 20.2. The van der Waals surface area contributed by atoms with E-state index >= 15 is 0 Å². The molecule has 2 heterocycles. The van der Waals surface area contributed by atoms with Gasteiger partial charge in [0.1, 0.15) is 17.1 Å². The predicted molar refractivity (Wildman–Crippen MR) is 141 cm³/mol. The standard InChI is InChI=1S/C29H17Cl2NO4/c30-18-7-5-8-20(15-18)32-26(17-6-4-11-22(14-17)35-21-9-2-1-3-10-21)25-27(33)23-16-19(31)12-13-24(23)36-28(25)29(32)34/h1-16,26H. The van der Waals surface area contributed by atoms with Crippen molar-refractivity contribution >= 4 is 45.8 Å². The number of carbonyl (C=O) groups excluding carboxylic acids is 1. The van der Waals surface area contributed by atoms with Crippen LogP contribution in [-0.2, 0) is 0 Å². The summed E-state index contributed by atoms with van der Waals surface area (Å²) < 4.78 is 12.0. The second-order valence-corrected chi connectivity index (χ2v) is 9.23. The van der Waals surface area contributed by atoms with Crippen molar-refractivity contribution in [3.05, 3.63) is 134 Å². The molecule has 0 bridgehead atoms. The van der Waals surface area contributed by atoms with Crippen molar-refractivity contribution in [2.45, 2.75) is 6.04 Å². The molecule has 1 aliphatic heterocycles. The Hall–Kier alpha value is -4.06. The molecule has 1 aromatic heterocycles. The molecule has 0 fully saturated rings. The molecule has 1 amide bonds. The molecule has 4 aromatic carbocycles. The highest BCUT2D eigenvalue weighted by atomic mass is 35.5. The molecule has 1 unspecified atom stereocenters. The summed E-state index contributed by atoms with van der Waals surface area (Å²) in [6.07, 6.45) is 0. The Morgan fingerprint density at radius 1 is 0.750 bits per heavy atom. The molecule has 0 spiro atoms. The first kappa shape index (κ1) is 22.4. The summed E-state index contributed by atoms with van der Waals surface area (Å²) in [6, 6.07) is 27.6. The number of hydrogen-bond donors (Lipinski definition) is 0. The Morgan fingerprint density at radius 2 is 1.50 bits per heavy atom. The summed E-state index contributed by atoms with van der Waals surface area (Å²) >= 11 is 12.4. The van der Waals surface area contributed by atoms with Gasteiger partial charge in [-0.2, -0.15) is 0 Å². The third kappa shape index (κ3) is 3.83. The minimum Gasteiger partial charge on any atom is -0.457 e. The van der Waals surface area contributed by atoms with Crippen LogP contribution in [0.5, 0.6) is 11.5 Å². The SMILES string of the molecule is O=C1c2oc3ccc(Cl)cc3c(=O)c2C(c2cccc(Oc3ccccc3)c2)N1c1cccc(Cl)c1. The van der Waals surface area contributed by atoms with E-state index in [1.54, 1.807) is 42.5 Å². The van der Waals surface area contributed by atoms with Crippen LogP contribution in [0, 0.1) is 0 Å². The van der Waals surface area contributed by atoms with Crippen LogP contribution in [0.15, 0.2) is 106 Å². The molecule has 1 atom stereocenters. The van der Waals surface area contributed by atoms with Crippen LogP contribution in [0.4, 0.5) is 5.69 Å². The fourth-order valence-corrected chi connectivity index (χ4v) is 4.88. The number of carbonyl (C=O) groups is 1. The van der Waals surface area contributed by atoms with Gasteiger partial charge in [-0.1, -0.05) is 59.6 Å². The van der Waals surface area contributed by atoms with Crippen molar-refractivity contribution in [2.75, 3.05) is 4.90 Å². The molecule has 0 aliphatic carbocycles. The van der Waals surface area contributed by atoms with Crippen LogP contribution in [0.2, 0.25) is 10.0 Å². The number of fused-ring (bicyclic) bond motifs is 2. The van der Waals surface area contributed by atoms with E-state index in [-0.39, 0.29) is 16.8 Å². The number of amides is 1. The summed E-state index contributed by atoms with van der Waals surface area (Å²) in [5.74, 6) is 0.804. The van der Waals surface area contributed by atoms with E-state index in [0.717, 1.165) is 0 Å². The molecule has 5 aromatic rings. The topological polar surface area (TPSA) is 59.8 Å². The Bertz CT molecular complexity index is 1700. The van der Waals surface area contributed by atoms with Gasteiger partial charge in [0, 0.05) is 15.7 Å². The summed E-state index contributed by atoms with van der Waals surface area (Å²) in [7, 11) is 0. The lowest BCUT2D eigenvalue weighted by atomic mass is 9.98. The number of nitrogens with zero attached hydrogens (tertiary/aromatic N) is 1. The third-order valence-corrected chi connectivity index (χ3v) is 6.54. The molecule has 0 radical (unpaired) electrons. The minimum absolute atomic E-state index is 0.00539. The van der Waals surface area contributed by atoms with Gasteiger partial charge in [-0.25, -0.2) is 0 Å². The van der Waals surface area contributed by atoms with E-state index in [0.29, 0.717) is 43.8 Å². The van der Waals surface area contributed by atoms with Crippen molar-refractivity contribution in [3.8, 4) is 11.5 Å². The molecular weight excluding hydrogens is 497 g/mol. The smallest absolute Gasteiger partial charge is 0.295 e. The molecule has 0 N–H and O–H groups in total. The maximum absolute atomic E-state index is 13.8. The maximum atomic E-state index is 13.8. The summed E-state index contributed by atoms with van der Waals surface area (Å²) in [5, 5.41) is 1.18. The number of rotatable bonds is 4. The van der Waals surface area contributed by atoms with E-state index in [1.165, 1.54) is 4.90 Å². The van der Waals surface area contributed by atoms with Crippen molar-refractivity contribution in [1.82, 2.24) is 0 Å². The normalized spacial score (nSPS) is 14.8. The lowest BCUT2D eigenvalue weighted by Gasteiger charge is -2.25. The summed E-state index contributed by atoms with van der Waals surface area (Å²) in [5.41, 5.74) is 1.45. The number of para-hydroxylation sites is 1. The number of benzene rings is 4. The predicted octanol–water partition coefficient (Wildman–Crippen LogP) is 7.64. The lowest BCUT2D eigenvalue weighted by molar-refractivity contribution is 0.0971. The van der Waals surface area contributed by atoms with Gasteiger partial charge in [-0.3, -0.25) is 14.5 Å². The van der Waals surface area contributed by atoms with Gasteiger partial charge in [-0.15, -0.1) is 0 Å². The van der Waals surface area contributed by atoms with Gasteiger partial charge in [0.15, 0.2) is 5.43 Å². The molecule has 0 saturated carbocycles. The quantitative estimate of drug-likeness (QED) is 0.247. The van der Waals surface area contributed by atoms with Gasteiger partial charge in [-0.05, 0) is 66.2 Å². The second-order valence-electron chi connectivity index (χ2n) is 8.36. The first-order valence-electron chi connectivity index (χ1n) is 11.2. The van der Waals surface area contributed by atoms with Crippen molar-refractivity contribution in [2.24, 2.45) is 0 Å². The highest BCUT2D eigenvalue weighted by molar-refractivity contribution is 6.31. The molecular formula is C29H17Cl2NO4. The van der Waals surface area contributed by atoms with Crippen LogP contribution in [-0.4, -0.2) is 5.91 Å². The Morgan fingerprint density at radius 3 is 2.31 bits per heavy atom. The van der Waals surface area contributed by atoms with Gasteiger partial charge in [0.25, 0.3) is 5.91 Å². The Balaban J connectivity index is 1.56. The Kier molecular flexibility index (Phi) is 5.52. The molecule has 6 rings (SSSR count). The van der Waals surface area contributed by atoms with Gasteiger partial charge >= 0.3 is 0 Å². The van der Waals surface area contributed by atoms with E-state index in [1.807, 2.05) is 54.6 Å². The van der Waals surface area contributed by atoms with E-state index in [9.17, 15) is 9.59 Å². The average Bonchev–Trinajstić information content (AvgIpc) is 3.18. The number of anilines is 1. The highest BCUT2D eigenvalue weighted by Crippen LogP contribution is 2.42. The third-order valence-electron chi connectivity index (χ3n) is 6.07. The molecule has 0 saturated heterocycles. The number of halogens is 2. The van der Waals surface area contributed by atoms with Crippen LogP contribution in [0.3, 0.4) is 0 Å². The van der Waals surface area contributed by atoms with E-state index < -0.39 is 11.9 Å². The molecule has 5 nitrogen and oxygen atoms in total. The van der Waals surface area contributed by atoms with Gasteiger partial charge in [0.05, 0.1) is 17.0 Å². The largest absolute Gasteiger partial charge is 0.457 e. The molecule has 36 heavy (non-hydrogen) atoms. The highest BCUT2D eigenvalue weighted by Gasteiger charge is 2.43. The molecule has 7 heteroatoms. The number of hydrogen-bond acceptors (Lipinski definition) is 4. The zero-order valence-electron chi connectivity index (χ0n) is 18.7. The average molecular weight is 514 g/mol. The summed E-state index contributed by atoms with van der Waals surface area (Å²) in [4.78, 5) is 29.0.